The average molecular weight is 439 g/mol. The molecular weight excluding hydrogens is 409 g/mol. The number of likely N-dealkylation sites (N-methyl/N-ethyl adjacent to an activating group) is 2. The van der Waals surface area contributed by atoms with E-state index in [1.165, 1.54) is 9.80 Å². The van der Waals surface area contributed by atoms with E-state index in [9.17, 15) is 9.59 Å². The molecular formula is C15H30IN5O2. The van der Waals surface area contributed by atoms with Crippen LogP contribution in [0.1, 0.15) is 19.8 Å². The Labute approximate surface area is 156 Å². The van der Waals surface area contributed by atoms with Crippen molar-refractivity contribution in [2.24, 2.45) is 10.9 Å². The van der Waals surface area contributed by atoms with Gasteiger partial charge in [-0.3, -0.25) is 9.59 Å². The predicted octanol–water partition coefficient (Wildman–Crippen LogP) is 0.458. The van der Waals surface area contributed by atoms with Crippen molar-refractivity contribution in [2.45, 2.75) is 19.8 Å². The lowest BCUT2D eigenvalue weighted by Crippen LogP contribution is -2.48. The van der Waals surface area contributed by atoms with Gasteiger partial charge in [0.2, 0.25) is 11.8 Å². The van der Waals surface area contributed by atoms with Crippen LogP contribution in [-0.4, -0.2) is 86.8 Å². The molecule has 134 valence electrons. The van der Waals surface area contributed by atoms with Crippen molar-refractivity contribution in [2.75, 3.05) is 54.4 Å². The third kappa shape index (κ3) is 7.85. The number of amides is 2. The highest BCUT2D eigenvalue weighted by molar-refractivity contribution is 14.0. The van der Waals surface area contributed by atoms with Gasteiger partial charge in [0.15, 0.2) is 5.96 Å². The SMILES string of the molecule is CC1CCN(C(=NCC(=O)N(C)C)NCC(=O)N(C)C)CC1.I. The van der Waals surface area contributed by atoms with E-state index in [1.807, 2.05) is 0 Å². The Hall–Kier alpha value is -1.06. The van der Waals surface area contributed by atoms with Crippen molar-refractivity contribution >= 4 is 41.8 Å². The Bertz CT molecular complexity index is 418. The number of likely N-dealkylation sites (tertiary alicyclic amines) is 1. The fourth-order valence-corrected chi connectivity index (χ4v) is 2.08. The first-order valence-electron chi connectivity index (χ1n) is 7.74. The highest BCUT2D eigenvalue weighted by Crippen LogP contribution is 2.15. The minimum atomic E-state index is -0.0522. The van der Waals surface area contributed by atoms with E-state index in [0.29, 0.717) is 11.9 Å². The van der Waals surface area contributed by atoms with Crippen molar-refractivity contribution < 1.29 is 9.59 Å². The summed E-state index contributed by atoms with van der Waals surface area (Å²) in [6.45, 7) is 4.33. The monoisotopic (exact) mass is 439 g/mol. The summed E-state index contributed by atoms with van der Waals surface area (Å²) in [5.41, 5.74) is 0. The minimum Gasteiger partial charge on any atom is -0.347 e. The van der Waals surface area contributed by atoms with E-state index in [-0.39, 0.29) is 48.9 Å². The summed E-state index contributed by atoms with van der Waals surface area (Å²) in [5.74, 6) is 1.29. The third-order valence-electron chi connectivity index (χ3n) is 3.84. The van der Waals surface area contributed by atoms with Crippen LogP contribution in [0.2, 0.25) is 0 Å². The number of aliphatic imine (C=N–C) groups is 1. The molecule has 1 aliphatic rings. The Morgan fingerprint density at radius 2 is 1.61 bits per heavy atom. The predicted molar refractivity (Wildman–Crippen MR) is 103 cm³/mol. The van der Waals surface area contributed by atoms with Crippen LogP contribution in [0.3, 0.4) is 0 Å². The molecule has 0 unspecified atom stereocenters. The quantitative estimate of drug-likeness (QED) is 0.393. The fraction of sp³-hybridized carbons (Fsp3) is 0.800. The molecule has 0 aliphatic carbocycles. The van der Waals surface area contributed by atoms with Crippen molar-refractivity contribution in [3.05, 3.63) is 0 Å². The first-order valence-corrected chi connectivity index (χ1v) is 7.74. The minimum absolute atomic E-state index is 0. The number of carbonyl (C=O) groups excluding carboxylic acids is 2. The van der Waals surface area contributed by atoms with Crippen LogP contribution in [0.25, 0.3) is 0 Å². The van der Waals surface area contributed by atoms with Gasteiger partial charge in [0.25, 0.3) is 0 Å². The molecule has 1 rings (SSSR count). The molecule has 0 aromatic heterocycles. The fourth-order valence-electron chi connectivity index (χ4n) is 2.08. The number of piperidine rings is 1. The summed E-state index contributed by atoms with van der Waals surface area (Å²) < 4.78 is 0. The zero-order valence-corrected chi connectivity index (χ0v) is 17.2. The first-order chi connectivity index (χ1) is 10.3. The van der Waals surface area contributed by atoms with Crippen LogP contribution in [0.4, 0.5) is 0 Å². The zero-order chi connectivity index (χ0) is 16.7. The van der Waals surface area contributed by atoms with Gasteiger partial charge in [-0.1, -0.05) is 6.92 Å². The van der Waals surface area contributed by atoms with Gasteiger partial charge in [0.05, 0.1) is 6.54 Å². The standard InChI is InChI=1S/C15H29N5O2.HI/c1-12-6-8-20(9-7-12)15(16-10-13(21)18(2)3)17-11-14(22)19(4)5;/h12H,6-11H2,1-5H3,(H,16,17);1H. The van der Waals surface area contributed by atoms with E-state index >= 15 is 0 Å². The number of guanidine groups is 1. The lowest BCUT2D eigenvalue weighted by molar-refractivity contribution is -0.127. The van der Waals surface area contributed by atoms with E-state index in [2.05, 4.69) is 22.1 Å². The maximum Gasteiger partial charge on any atom is 0.243 e. The molecule has 0 radical (unpaired) electrons. The molecule has 1 heterocycles. The van der Waals surface area contributed by atoms with Gasteiger partial charge >= 0.3 is 0 Å². The van der Waals surface area contributed by atoms with Crippen LogP contribution in [0, 0.1) is 5.92 Å². The maximum atomic E-state index is 11.7. The van der Waals surface area contributed by atoms with Gasteiger partial charge < -0.3 is 20.0 Å². The number of nitrogens with one attached hydrogen (secondary N) is 1. The second-order valence-electron chi connectivity index (χ2n) is 6.24. The van der Waals surface area contributed by atoms with Crippen molar-refractivity contribution in [1.82, 2.24) is 20.0 Å². The molecule has 0 bridgehead atoms. The summed E-state index contributed by atoms with van der Waals surface area (Å²) in [4.78, 5) is 33.0. The van der Waals surface area contributed by atoms with E-state index in [4.69, 9.17) is 0 Å². The number of carbonyl (C=O) groups is 2. The van der Waals surface area contributed by atoms with Gasteiger partial charge in [-0.25, -0.2) is 4.99 Å². The highest BCUT2D eigenvalue weighted by atomic mass is 127. The number of hydrogen-bond acceptors (Lipinski definition) is 3. The van der Waals surface area contributed by atoms with Gasteiger partial charge in [0, 0.05) is 41.3 Å². The number of nitrogens with zero attached hydrogens (tertiary/aromatic N) is 4. The topological polar surface area (TPSA) is 68.2 Å². The molecule has 23 heavy (non-hydrogen) atoms. The number of rotatable bonds is 4. The number of hydrogen-bond donors (Lipinski definition) is 1. The van der Waals surface area contributed by atoms with Gasteiger partial charge in [0.1, 0.15) is 6.54 Å². The molecule has 0 saturated carbocycles. The largest absolute Gasteiger partial charge is 0.347 e. The molecule has 1 aliphatic heterocycles. The Morgan fingerprint density at radius 3 is 2.09 bits per heavy atom. The molecule has 7 nitrogen and oxygen atoms in total. The molecule has 2 amide bonds. The van der Waals surface area contributed by atoms with Gasteiger partial charge in [-0.05, 0) is 18.8 Å². The van der Waals surface area contributed by atoms with Crippen molar-refractivity contribution in [1.29, 1.82) is 0 Å². The van der Waals surface area contributed by atoms with Crippen LogP contribution >= 0.6 is 24.0 Å². The molecule has 1 saturated heterocycles. The normalized spacial score (nSPS) is 15.7. The summed E-state index contributed by atoms with van der Waals surface area (Å²) in [6.07, 6.45) is 2.20. The highest BCUT2D eigenvalue weighted by Gasteiger charge is 2.20. The van der Waals surface area contributed by atoms with Crippen molar-refractivity contribution in [3.63, 3.8) is 0 Å². The molecule has 0 atom stereocenters. The van der Waals surface area contributed by atoms with E-state index in [0.717, 1.165) is 25.9 Å². The Morgan fingerprint density at radius 1 is 1.09 bits per heavy atom. The second-order valence-corrected chi connectivity index (χ2v) is 6.24. The number of halogens is 1. The molecule has 0 aromatic carbocycles. The van der Waals surface area contributed by atoms with Crippen LogP contribution in [0.5, 0.6) is 0 Å². The molecule has 8 heteroatoms. The third-order valence-corrected chi connectivity index (χ3v) is 3.84. The van der Waals surface area contributed by atoms with E-state index < -0.39 is 0 Å². The average Bonchev–Trinajstić information content (AvgIpc) is 2.47. The summed E-state index contributed by atoms with van der Waals surface area (Å²) >= 11 is 0. The summed E-state index contributed by atoms with van der Waals surface area (Å²) in [5, 5.41) is 3.09. The maximum absolute atomic E-state index is 11.7. The van der Waals surface area contributed by atoms with Crippen molar-refractivity contribution in [3.8, 4) is 0 Å². The molecule has 1 N–H and O–H groups in total. The Kier molecular flexibility index (Phi) is 10.2. The van der Waals surface area contributed by atoms with Crippen LogP contribution < -0.4 is 5.32 Å². The molecule has 1 fully saturated rings. The lowest BCUT2D eigenvalue weighted by Gasteiger charge is -2.33. The van der Waals surface area contributed by atoms with Crippen LogP contribution in [-0.2, 0) is 9.59 Å². The van der Waals surface area contributed by atoms with Gasteiger partial charge in [-0.15, -0.1) is 24.0 Å². The smallest absolute Gasteiger partial charge is 0.243 e. The van der Waals surface area contributed by atoms with E-state index in [1.54, 1.807) is 28.2 Å². The molecule has 0 aromatic rings. The Balaban J connectivity index is 0.00000484. The summed E-state index contributed by atoms with van der Waals surface area (Å²) in [7, 11) is 6.87. The molecule has 0 spiro atoms. The van der Waals surface area contributed by atoms with Crippen LogP contribution in [0.15, 0.2) is 4.99 Å². The first kappa shape index (κ1) is 21.9. The zero-order valence-electron chi connectivity index (χ0n) is 14.8. The van der Waals surface area contributed by atoms with Gasteiger partial charge in [-0.2, -0.15) is 0 Å². The summed E-state index contributed by atoms with van der Waals surface area (Å²) in [6, 6.07) is 0. The second kappa shape index (κ2) is 10.7. The lowest BCUT2D eigenvalue weighted by atomic mass is 10.00.